The molecule has 2 aliphatic rings. The van der Waals surface area contributed by atoms with E-state index in [1.54, 1.807) is 24.8 Å². The van der Waals surface area contributed by atoms with Gasteiger partial charge in [0.1, 0.15) is 18.2 Å². The molecule has 2 fully saturated rings. The first-order valence-corrected chi connectivity index (χ1v) is 18.5. The van der Waals surface area contributed by atoms with E-state index in [-0.39, 0.29) is 24.2 Å². The predicted molar refractivity (Wildman–Crippen MR) is 201 cm³/mol. The van der Waals surface area contributed by atoms with Gasteiger partial charge in [-0.05, 0) is 50.6 Å². The van der Waals surface area contributed by atoms with Crippen LogP contribution in [0.1, 0.15) is 56.9 Å². The number of carbonyl (C=O) groups is 3. The van der Waals surface area contributed by atoms with Crippen LogP contribution in [-0.4, -0.2) is 66.9 Å². The molecule has 50 heavy (non-hydrogen) atoms. The van der Waals surface area contributed by atoms with Gasteiger partial charge in [-0.3, -0.25) is 19.6 Å². The van der Waals surface area contributed by atoms with Crippen molar-refractivity contribution < 1.29 is 19.1 Å². The van der Waals surface area contributed by atoms with E-state index in [4.69, 9.17) is 56.9 Å². The summed E-state index contributed by atoms with van der Waals surface area (Å²) < 4.78 is 5.16. The molecule has 10 nitrogen and oxygen atoms in total. The number of hydrogen-bond donors (Lipinski definition) is 2. The molecule has 0 aliphatic carbocycles. The van der Waals surface area contributed by atoms with E-state index in [0.717, 1.165) is 75.2 Å². The van der Waals surface area contributed by atoms with Crippen LogP contribution in [0.15, 0.2) is 55.1 Å². The number of nitrogens with one attached hydrogen (secondary N) is 1. The van der Waals surface area contributed by atoms with Gasteiger partial charge in [0.25, 0.3) is 0 Å². The highest BCUT2D eigenvalue weighted by Crippen LogP contribution is 2.36. The number of carbonyl (C=O) groups excluding carboxylic acids is 3. The van der Waals surface area contributed by atoms with Crippen LogP contribution in [0.5, 0.6) is 0 Å². The average Bonchev–Trinajstić information content (AvgIpc) is 3.12. The molecule has 2 aliphatic heterocycles. The lowest BCUT2D eigenvalue weighted by molar-refractivity contribution is -0.124. The van der Waals surface area contributed by atoms with Crippen molar-refractivity contribution in [1.82, 2.24) is 15.3 Å². The molecule has 5 rings (SSSR count). The van der Waals surface area contributed by atoms with Gasteiger partial charge < -0.3 is 25.6 Å². The van der Waals surface area contributed by atoms with Crippen LogP contribution >= 0.6 is 46.4 Å². The number of ether oxygens (including phenoxy) is 1. The molecule has 0 bridgehead atoms. The van der Waals surface area contributed by atoms with Gasteiger partial charge in [-0.1, -0.05) is 76.7 Å². The summed E-state index contributed by atoms with van der Waals surface area (Å²) in [5.41, 5.74) is 7.99. The summed E-state index contributed by atoms with van der Waals surface area (Å²) in [6, 6.07) is 9.50. The molecule has 0 atom stereocenters. The fourth-order valence-corrected chi connectivity index (χ4v) is 7.38. The maximum Gasteiger partial charge on any atom is 0.407 e. The maximum atomic E-state index is 12.5. The number of pyridine rings is 2. The second kappa shape index (κ2) is 20.6. The Balaban J connectivity index is 0.000000244. The zero-order valence-electron chi connectivity index (χ0n) is 28.0. The zero-order valence-corrected chi connectivity index (χ0v) is 31.0. The number of Topliss-reactive ketones (excluding diaryl/α,β-unsaturated/α-hetero) is 2. The van der Waals surface area contributed by atoms with Crippen molar-refractivity contribution in [3.05, 3.63) is 80.8 Å². The Morgan fingerprint density at radius 3 is 1.60 bits per heavy atom. The third-order valence-corrected chi connectivity index (χ3v) is 10.0. The third-order valence-electron chi connectivity index (χ3n) is 8.90. The van der Waals surface area contributed by atoms with E-state index in [1.807, 2.05) is 30.3 Å². The normalized spacial score (nSPS) is 15.2. The summed E-state index contributed by atoms with van der Waals surface area (Å²) in [6.45, 7) is 4.27. The van der Waals surface area contributed by atoms with Crippen molar-refractivity contribution in [2.45, 2.75) is 58.0 Å². The SMILES string of the molecule is NCCCC(=O)C1CCN(c2c(Cl)cncc2Cl)CC1.O=C(NCCCC(=O)C1CCN(c2c(Cl)cncc2Cl)CC1)OCc1ccccc1. The summed E-state index contributed by atoms with van der Waals surface area (Å²) in [6.07, 6.45) is 11.5. The smallest absolute Gasteiger partial charge is 0.407 e. The molecule has 0 unspecified atom stereocenters. The number of aromatic nitrogens is 2. The Hall–Kier alpha value is -3.15. The van der Waals surface area contributed by atoms with Crippen molar-refractivity contribution in [2.24, 2.45) is 17.6 Å². The summed E-state index contributed by atoms with van der Waals surface area (Å²) in [7, 11) is 0. The topological polar surface area (TPSA) is 131 Å². The van der Waals surface area contributed by atoms with E-state index in [0.29, 0.717) is 58.2 Å². The number of nitrogens with zero attached hydrogens (tertiary/aromatic N) is 4. The Morgan fingerprint density at radius 2 is 1.16 bits per heavy atom. The van der Waals surface area contributed by atoms with Crippen molar-refractivity contribution in [1.29, 1.82) is 0 Å². The van der Waals surface area contributed by atoms with E-state index in [2.05, 4.69) is 25.1 Å². The molecular formula is C36H44Cl4N6O4. The van der Waals surface area contributed by atoms with Gasteiger partial charge in [0.05, 0.1) is 31.5 Å². The monoisotopic (exact) mass is 764 g/mol. The number of piperidine rings is 2. The van der Waals surface area contributed by atoms with Crippen molar-refractivity contribution in [3.63, 3.8) is 0 Å². The van der Waals surface area contributed by atoms with Crippen molar-refractivity contribution >= 4 is 75.4 Å². The number of halogens is 4. The summed E-state index contributed by atoms with van der Waals surface area (Å²) in [5, 5.41) is 4.87. The second-order valence-corrected chi connectivity index (χ2v) is 14.0. The maximum absolute atomic E-state index is 12.5. The second-order valence-electron chi connectivity index (χ2n) is 12.3. The summed E-state index contributed by atoms with van der Waals surface area (Å²) in [5.74, 6) is 0.755. The molecule has 2 saturated heterocycles. The fourth-order valence-electron chi connectivity index (χ4n) is 6.18. The van der Waals surface area contributed by atoms with Gasteiger partial charge in [-0.25, -0.2) is 4.79 Å². The molecule has 3 aromatic rings. The Labute approximate surface area is 313 Å². The van der Waals surface area contributed by atoms with Crippen LogP contribution in [0.4, 0.5) is 16.2 Å². The van der Waals surface area contributed by atoms with Gasteiger partial charge in [-0.15, -0.1) is 0 Å². The van der Waals surface area contributed by atoms with Crippen LogP contribution in [-0.2, 0) is 20.9 Å². The van der Waals surface area contributed by atoms with E-state index in [1.165, 1.54) is 0 Å². The Bertz CT molecular complexity index is 1510. The lowest BCUT2D eigenvalue weighted by atomic mass is 9.90. The van der Waals surface area contributed by atoms with Crippen molar-refractivity contribution in [2.75, 3.05) is 49.1 Å². The first kappa shape index (κ1) is 39.6. The highest BCUT2D eigenvalue weighted by Gasteiger charge is 2.28. The number of rotatable bonds is 13. The van der Waals surface area contributed by atoms with E-state index in [9.17, 15) is 14.4 Å². The number of alkyl carbamates (subject to hydrolysis) is 1. The molecule has 1 amide bonds. The van der Waals surface area contributed by atoms with Gasteiger partial charge in [-0.2, -0.15) is 0 Å². The van der Waals surface area contributed by atoms with Gasteiger partial charge in [0.15, 0.2) is 0 Å². The molecular weight excluding hydrogens is 722 g/mol. The lowest BCUT2D eigenvalue weighted by Gasteiger charge is -2.33. The van der Waals surface area contributed by atoms with Gasteiger partial charge >= 0.3 is 6.09 Å². The van der Waals surface area contributed by atoms with E-state index >= 15 is 0 Å². The number of nitrogens with two attached hydrogens (primary N) is 1. The Kier molecular flexibility index (Phi) is 16.4. The van der Waals surface area contributed by atoms with Crippen LogP contribution in [0.2, 0.25) is 20.1 Å². The molecule has 14 heteroatoms. The largest absolute Gasteiger partial charge is 0.445 e. The first-order chi connectivity index (χ1) is 24.2. The average molecular weight is 767 g/mol. The number of amides is 1. The third kappa shape index (κ3) is 12.0. The molecule has 2 aromatic heterocycles. The molecule has 1 aromatic carbocycles. The van der Waals surface area contributed by atoms with Crippen LogP contribution in [0.25, 0.3) is 0 Å². The van der Waals surface area contributed by atoms with Gasteiger partial charge in [0.2, 0.25) is 0 Å². The minimum atomic E-state index is -0.467. The molecule has 0 spiro atoms. The molecule has 4 heterocycles. The van der Waals surface area contributed by atoms with E-state index < -0.39 is 6.09 Å². The highest BCUT2D eigenvalue weighted by molar-refractivity contribution is 6.39. The Morgan fingerprint density at radius 1 is 0.720 bits per heavy atom. The minimum absolute atomic E-state index is 0.0330. The molecule has 0 radical (unpaired) electrons. The summed E-state index contributed by atoms with van der Waals surface area (Å²) in [4.78, 5) is 48.4. The number of hydrogen-bond acceptors (Lipinski definition) is 9. The van der Waals surface area contributed by atoms with Crippen LogP contribution in [0.3, 0.4) is 0 Å². The highest BCUT2D eigenvalue weighted by atomic mass is 35.5. The zero-order chi connectivity index (χ0) is 35.9. The number of benzene rings is 1. The van der Waals surface area contributed by atoms with Crippen molar-refractivity contribution in [3.8, 4) is 0 Å². The fraction of sp³-hybridized carbons (Fsp3) is 0.472. The van der Waals surface area contributed by atoms with Crippen LogP contribution in [0, 0.1) is 11.8 Å². The summed E-state index contributed by atoms with van der Waals surface area (Å²) >= 11 is 24.8. The lowest BCUT2D eigenvalue weighted by Crippen LogP contribution is -2.37. The standard InChI is InChI=1S/C22H25Cl2N3O3.C14H19Cl2N3O/c23-18-13-25-14-19(24)21(18)27-11-8-17(9-12-27)20(28)7-4-10-26-22(29)30-15-16-5-2-1-3-6-16;15-11-8-18-9-12(16)14(11)19-6-3-10(4-7-19)13(20)2-1-5-17/h1-3,5-6,13-14,17H,4,7-12,15H2,(H,26,29);8-10H,1-7,17H2. The minimum Gasteiger partial charge on any atom is -0.445 e. The first-order valence-electron chi connectivity index (χ1n) is 17.0. The molecule has 3 N–H and O–H groups in total. The molecule has 0 saturated carbocycles. The molecule has 270 valence electrons. The van der Waals surface area contributed by atoms with Crippen LogP contribution < -0.4 is 20.9 Å². The quantitative estimate of drug-likeness (QED) is 0.168. The van der Waals surface area contributed by atoms with Gasteiger partial charge in [0, 0.05) is 82.2 Å². The number of ketones is 2. The number of anilines is 2. The predicted octanol–water partition coefficient (Wildman–Crippen LogP) is 7.79.